The highest BCUT2D eigenvalue weighted by molar-refractivity contribution is 7.92. The van der Waals surface area contributed by atoms with E-state index in [1.807, 2.05) is 39.8 Å². The van der Waals surface area contributed by atoms with E-state index in [9.17, 15) is 13.2 Å². The highest BCUT2D eigenvalue weighted by atomic mass is 32.2. The number of hydrogen-bond acceptors (Lipinski definition) is 4. The number of carbonyl (C=O) groups excluding carboxylic acids is 1. The molecule has 0 radical (unpaired) electrons. The zero-order valence-electron chi connectivity index (χ0n) is 17.5. The lowest BCUT2D eigenvalue weighted by Crippen LogP contribution is -2.41. The molecule has 7 heteroatoms. The predicted molar refractivity (Wildman–Crippen MR) is 116 cm³/mol. The molecule has 0 atom stereocenters. The lowest BCUT2D eigenvalue weighted by atomic mass is 10.2. The lowest BCUT2D eigenvalue weighted by molar-refractivity contribution is -0.119. The minimum atomic E-state index is -3.89. The molecule has 0 heterocycles. The summed E-state index contributed by atoms with van der Waals surface area (Å²) in [6.45, 7) is 8.31. The van der Waals surface area contributed by atoms with Crippen LogP contribution in [0.4, 0.5) is 5.69 Å². The first kappa shape index (κ1) is 22.9. The average Bonchev–Trinajstić information content (AvgIpc) is 2.66. The third kappa shape index (κ3) is 6.58. The van der Waals surface area contributed by atoms with Gasteiger partial charge in [-0.2, -0.15) is 0 Å². The highest BCUT2D eigenvalue weighted by Crippen LogP contribution is 2.26. The summed E-state index contributed by atoms with van der Waals surface area (Å²) in [7, 11) is -3.89. The molecule has 0 spiro atoms. The van der Waals surface area contributed by atoms with Crippen LogP contribution in [0.2, 0.25) is 0 Å². The first-order chi connectivity index (χ1) is 13.7. The molecule has 2 rings (SSSR count). The Kier molecular flexibility index (Phi) is 8.22. The molecule has 0 unspecified atom stereocenters. The molecule has 1 amide bonds. The SMILES string of the molecule is Cc1ccc(S(=O)(=O)N(CC(=O)NCCCOC(C)C)c2ccccc2C)cc1. The van der Waals surface area contributed by atoms with Gasteiger partial charge >= 0.3 is 0 Å². The molecule has 0 aliphatic rings. The molecule has 29 heavy (non-hydrogen) atoms. The van der Waals surface area contributed by atoms with Crippen LogP contribution in [0.5, 0.6) is 0 Å². The van der Waals surface area contributed by atoms with Gasteiger partial charge in [0.1, 0.15) is 6.54 Å². The van der Waals surface area contributed by atoms with Crippen molar-refractivity contribution in [3.8, 4) is 0 Å². The van der Waals surface area contributed by atoms with Crippen LogP contribution in [0.25, 0.3) is 0 Å². The Hall–Kier alpha value is -2.38. The van der Waals surface area contributed by atoms with Gasteiger partial charge < -0.3 is 10.1 Å². The van der Waals surface area contributed by atoms with Gasteiger partial charge in [0.25, 0.3) is 10.0 Å². The van der Waals surface area contributed by atoms with Crippen molar-refractivity contribution in [3.05, 3.63) is 59.7 Å². The number of benzene rings is 2. The van der Waals surface area contributed by atoms with Crippen molar-refractivity contribution in [2.45, 2.75) is 45.1 Å². The first-order valence-electron chi connectivity index (χ1n) is 9.75. The second kappa shape index (κ2) is 10.4. The molecule has 0 bridgehead atoms. The summed E-state index contributed by atoms with van der Waals surface area (Å²) in [4.78, 5) is 12.7. The average molecular weight is 419 g/mol. The van der Waals surface area contributed by atoms with Gasteiger partial charge in [-0.05, 0) is 57.9 Å². The number of sulfonamides is 1. The fourth-order valence-electron chi connectivity index (χ4n) is 2.79. The van der Waals surface area contributed by atoms with Crippen LogP contribution in [0.3, 0.4) is 0 Å². The number of hydrogen-bond donors (Lipinski definition) is 1. The Morgan fingerprint density at radius 2 is 1.72 bits per heavy atom. The van der Waals surface area contributed by atoms with E-state index in [4.69, 9.17) is 4.74 Å². The zero-order chi connectivity index (χ0) is 21.4. The molecule has 0 aromatic heterocycles. The number of amides is 1. The maximum Gasteiger partial charge on any atom is 0.264 e. The number of aryl methyl sites for hydroxylation is 2. The third-order valence-electron chi connectivity index (χ3n) is 4.37. The minimum absolute atomic E-state index is 0.141. The van der Waals surface area contributed by atoms with Crippen LogP contribution in [-0.4, -0.2) is 40.1 Å². The molecule has 0 fully saturated rings. The largest absolute Gasteiger partial charge is 0.379 e. The molecule has 0 saturated heterocycles. The van der Waals surface area contributed by atoms with Gasteiger partial charge in [-0.15, -0.1) is 0 Å². The third-order valence-corrected chi connectivity index (χ3v) is 6.15. The maximum absolute atomic E-state index is 13.3. The molecule has 0 aliphatic carbocycles. The monoisotopic (exact) mass is 418 g/mol. The van der Waals surface area contributed by atoms with E-state index in [1.54, 1.807) is 36.4 Å². The van der Waals surface area contributed by atoms with E-state index in [-0.39, 0.29) is 23.5 Å². The fraction of sp³-hybridized carbons (Fsp3) is 0.409. The van der Waals surface area contributed by atoms with Crippen molar-refractivity contribution in [1.29, 1.82) is 0 Å². The summed E-state index contributed by atoms with van der Waals surface area (Å²) in [5.41, 5.74) is 2.24. The molecule has 6 nitrogen and oxygen atoms in total. The van der Waals surface area contributed by atoms with E-state index in [1.165, 1.54) is 4.31 Å². The van der Waals surface area contributed by atoms with Crippen LogP contribution in [0.1, 0.15) is 31.4 Å². The van der Waals surface area contributed by atoms with Crippen LogP contribution in [0.15, 0.2) is 53.4 Å². The Balaban J connectivity index is 2.19. The van der Waals surface area contributed by atoms with Crippen molar-refractivity contribution in [2.75, 3.05) is 24.0 Å². The molecule has 2 aromatic carbocycles. The van der Waals surface area contributed by atoms with Gasteiger partial charge in [0.15, 0.2) is 0 Å². The lowest BCUT2D eigenvalue weighted by Gasteiger charge is -2.25. The van der Waals surface area contributed by atoms with Crippen molar-refractivity contribution in [3.63, 3.8) is 0 Å². The smallest absolute Gasteiger partial charge is 0.264 e. The minimum Gasteiger partial charge on any atom is -0.379 e. The molecule has 2 aromatic rings. The quantitative estimate of drug-likeness (QED) is 0.600. The van der Waals surface area contributed by atoms with Gasteiger partial charge in [0, 0.05) is 13.2 Å². The topological polar surface area (TPSA) is 75.7 Å². The van der Waals surface area contributed by atoms with Crippen LogP contribution < -0.4 is 9.62 Å². The molecule has 1 N–H and O–H groups in total. The van der Waals surface area contributed by atoms with Gasteiger partial charge in [-0.25, -0.2) is 8.42 Å². The summed E-state index contributed by atoms with van der Waals surface area (Å²) in [6, 6.07) is 13.8. The number of para-hydroxylation sites is 1. The summed E-state index contributed by atoms with van der Waals surface area (Å²) < 4.78 is 33.2. The zero-order valence-corrected chi connectivity index (χ0v) is 18.3. The summed E-state index contributed by atoms with van der Waals surface area (Å²) >= 11 is 0. The predicted octanol–water partition coefficient (Wildman–Crippen LogP) is 3.43. The standard InChI is InChI=1S/C22H30N2O4S/c1-17(2)28-15-7-14-23-22(25)16-24(21-9-6-5-8-19(21)4)29(26,27)20-12-10-18(3)11-13-20/h5-6,8-13,17H,7,14-16H2,1-4H3,(H,23,25). The van der Waals surface area contributed by atoms with Crippen LogP contribution in [0, 0.1) is 13.8 Å². The second-order valence-electron chi connectivity index (χ2n) is 7.23. The van der Waals surface area contributed by atoms with Crippen molar-refractivity contribution in [2.24, 2.45) is 0 Å². The summed E-state index contributed by atoms with van der Waals surface area (Å²) in [6.07, 6.45) is 0.806. The van der Waals surface area contributed by atoms with Gasteiger partial charge in [-0.3, -0.25) is 9.10 Å². The summed E-state index contributed by atoms with van der Waals surface area (Å²) in [5.74, 6) is -0.353. The van der Waals surface area contributed by atoms with Gasteiger partial charge in [0.2, 0.25) is 5.91 Å². The van der Waals surface area contributed by atoms with Crippen molar-refractivity contribution < 1.29 is 17.9 Å². The van der Waals surface area contributed by atoms with E-state index in [2.05, 4.69) is 5.32 Å². The molecule has 0 saturated carbocycles. The molecule has 0 aliphatic heterocycles. The Morgan fingerprint density at radius 3 is 2.34 bits per heavy atom. The van der Waals surface area contributed by atoms with Gasteiger partial charge in [0.05, 0.1) is 16.7 Å². The second-order valence-corrected chi connectivity index (χ2v) is 9.10. The van der Waals surface area contributed by atoms with E-state index in [0.717, 1.165) is 11.1 Å². The number of nitrogens with zero attached hydrogens (tertiary/aromatic N) is 1. The Morgan fingerprint density at radius 1 is 1.07 bits per heavy atom. The van der Waals surface area contributed by atoms with E-state index < -0.39 is 10.0 Å². The number of anilines is 1. The van der Waals surface area contributed by atoms with Crippen molar-refractivity contribution >= 4 is 21.6 Å². The van der Waals surface area contributed by atoms with Crippen LogP contribution >= 0.6 is 0 Å². The normalized spacial score (nSPS) is 11.5. The summed E-state index contributed by atoms with van der Waals surface area (Å²) in [5, 5.41) is 2.78. The maximum atomic E-state index is 13.3. The van der Waals surface area contributed by atoms with E-state index in [0.29, 0.717) is 25.3 Å². The Labute approximate surface area is 173 Å². The van der Waals surface area contributed by atoms with Gasteiger partial charge in [-0.1, -0.05) is 35.9 Å². The molecular formula is C22H30N2O4S. The molecular weight excluding hydrogens is 388 g/mol. The number of ether oxygens (including phenoxy) is 1. The number of nitrogens with one attached hydrogen (secondary N) is 1. The molecule has 158 valence electrons. The highest BCUT2D eigenvalue weighted by Gasteiger charge is 2.28. The first-order valence-corrected chi connectivity index (χ1v) is 11.2. The van der Waals surface area contributed by atoms with Crippen molar-refractivity contribution in [1.82, 2.24) is 5.32 Å². The Bertz CT molecular complexity index is 909. The number of rotatable bonds is 10. The van der Waals surface area contributed by atoms with E-state index >= 15 is 0 Å². The fourth-order valence-corrected chi connectivity index (χ4v) is 4.27. The number of carbonyl (C=O) groups is 1. The van der Waals surface area contributed by atoms with Crippen LogP contribution in [-0.2, 0) is 19.6 Å².